The quantitative estimate of drug-likeness (QED) is 0.746. The van der Waals surface area contributed by atoms with Crippen LogP contribution in [0.2, 0.25) is 0 Å². The number of rotatable bonds is 2. The van der Waals surface area contributed by atoms with Gasteiger partial charge in [-0.3, -0.25) is 4.90 Å². The van der Waals surface area contributed by atoms with Gasteiger partial charge in [-0.1, -0.05) is 12.8 Å². The second-order valence-electron chi connectivity index (χ2n) is 5.42. The molecule has 0 aromatic heterocycles. The van der Waals surface area contributed by atoms with E-state index < -0.39 is 0 Å². The van der Waals surface area contributed by atoms with Crippen molar-refractivity contribution in [1.29, 1.82) is 0 Å². The summed E-state index contributed by atoms with van der Waals surface area (Å²) in [4.78, 5) is 2.47. The van der Waals surface area contributed by atoms with Crippen LogP contribution in [0.15, 0.2) is 0 Å². The number of hydrogen-bond donors (Lipinski definition) is 2. The summed E-state index contributed by atoms with van der Waals surface area (Å²) in [6.07, 6.45) is 8.38. The van der Waals surface area contributed by atoms with Gasteiger partial charge in [0.1, 0.15) is 0 Å². The largest absolute Gasteiger partial charge is 0.391 e. The molecule has 1 saturated heterocycles. The molecule has 2 N–H and O–H groups in total. The zero-order valence-corrected chi connectivity index (χ0v) is 10.5. The Morgan fingerprint density at radius 1 is 1.00 bits per heavy atom. The van der Waals surface area contributed by atoms with E-state index in [-0.39, 0.29) is 6.10 Å². The summed E-state index contributed by atoms with van der Waals surface area (Å²) in [7, 11) is 2.22. The Morgan fingerprint density at radius 2 is 1.81 bits per heavy atom. The molecule has 1 heterocycles. The van der Waals surface area contributed by atoms with E-state index in [1.54, 1.807) is 0 Å². The monoisotopic (exact) mass is 226 g/mol. The smallest absolute Gasteiger partial charge is 0.0695 e. The van der Waals surface area contributed by atoms with Crippen molar-refractivity contribution in [2.45, 2.75) is 63.1 Å². The van der Waals surface area contributed by atoms with Gasteiger partial charge in [-0.15, -0.1) is 0 Å². The van der Waals surface area contributed by atoms with Crippen LogP contribution in [0.1, 0.15) is 44.9 Å². The van der Waals surface area contributed by atoms with Gasteiger partial charge in [0.25, 0.3) is 0 Å². The third-order valence-electron chi connectivity index (χ3n) is 4.34. The Labute approximate surface area is 99.2 Å². The highest BCUT2D eigenvalue weighted by Gasteiger charge is 2.30. The van der Waals surface area contributed by atoms with Gasteiger partial charge < -0.3 is 10.4 Å². The molecule has 0 spiro atoms. The molecule has 3 atom stereocenters. The lowest BCUT2D eigenvalue weighted by atomic mass is 9.90. The van der Waals surface area contributed by atoms with Crippen LogP contribution in [-0.2, 0) is 0 Å². The van der Waals surface area contributed by atoms with Crippen LogP contribution in [-0.4, -0.2) is 48.3 Å². The fraction of sp³-hybridized carbons (Fsp3) is 1.00. The van der Waals surface area contributed by atoms with Crippen molar-refractivity contribution < 1.29 is 5.11 Å². The number of aliphatic hydroxyl groups is 1. The van der Waals surface area contributed by atoms with Crippen molar-refractivity contribution in [2.75, 3.05) is 20.1 Å². The van der Waals surface area contributed by atoms with Crippen LogP contribution in [0.25, 0.3) is 0 Å². The fourth-order valence-electron chi connectivity index (χ4n) is 3.25. The van der Waals surface area contributed by atoms with E-state index in [9.17, 15) is 5.11 Å². The maximum Gasteiger partial charge on any atom is 0.0695 e. The molecule has 94 valence electrons. The van der Waals surface area contributed by atoms with Gasteiger partial charge >= 0.3 is 0 Å². The lowest BCUT2D eigenvalue weighted by molar-refractivity contribution is 0.0102. The highest BCUT2D eigenvalue weighted by Crippen LogP contribution is 2.26. The van der Waals surface area contributed by atoms with Crippen molar-refractivity contribution in [3.8, 4) is 0 Å². The summed E-state index contributed by atoms with van der Waals surface area (Å²) >= 11 is 0. The number of nitrogens with one attached hydrogen (secondary N) is 1. The first-order valence-electron chi connectivity index (χ1n) is 6.90. The van der Waals surface area contributed by atoms with Gasteiger partial charge in [-0.25, -0.2) is 0 Å². The van der Waals surface area contributed by atoms with E-state index in [1.807, 2.05) is 0 Å². The fourth-order valence-corrected chi connectivity index (χ4v) is 3.25. The number of nitrogens with zero attached hydrogens (tertiary/aromatic N) is 1. The molecule has 0 radical (unpaired) electrons. The molecule has 1 aliphatic heterocycles. The molecule has 0 amide bonds. The van der Waals surface area contributed by atoms with E-state index in [1.165, 1.54) is 38.5 Å². The molecular formula is C13H26N2O. The highest BCUT2D eigenvalue weighted by atomic mass is 16.3. The zero-order chi connectivity index (χ0) is 11.4. The van der Waals surface area contributed by atoms with E-state index in [0.29, 0.717) is 12.1 Å². The molecule has 3 heteroatoms. The molecular weight excluding hydrogens is 200 g/mol. The zero-order valence-electron chi connectivity index (χ0n) is 10.5. The van der Waals surface area contributed by atoms with E-state index in [4.69, 9.17) is 0 Å². The van der Waals surface area contributed by atoms with Gasteiger partial charge in [0, 0.05) is 12.1 Å². The van der Waals surface area contributed by atoms with Crippen LogP contribution in [0, 0.1) is 0 Å². The summed E-state index contributed by atoms with van der Waals surface area (Å²) in [6, 6.07) is 1.09. The van der Waals surface area contributed by atoms with Crippen LogP contribution >= 0.6 is 0 Å². The van der Waals surface area contributed by atoms with Gasteiger partial charge in [-0.05, 0) is 52.2 Å². The van der Waals surface area contributed by atoms with Crippen LogP contribution in [0.5, 0.6) is 0 Å². The van der Waals surface area contributed by atoms with E-state index in [2.05, 4.69) is 17.3 Å². The Morgan fingerprint density at radius 3 is 2.62 bits per heavy atom. The predicted molar refractivity (Wildman–Crippen MR) is 66.5 cm³/mol. The molecule has 3 nitrogen and oxygen atoms in total. The highest BCUT2D eigenvalue weighted by molar-refractivity contribution is 4.86. The lowest BCUT2D eigenvalue weighted by Crippen LogP contribution is -2.48. The summed E-state index contributed by atoms with van der Waals surface area (Å²) in [5.74, 6) is 0. The SMILES string of the molecule is CN(C1CCCNCC1)C1CCCCC1O. The van der Waals surface area contributed by atoms with Crippen molar-refractivity contribution in [3.05, 3.63) is 0 Å². The molecule has 2 aliphatic rings. The lowest BCUT2D eigenvalue weighted by Gasteiger charge is -2.39. The first-order chi connectivity index (χ1) is 7.79. The topological polar surface area (TPSA) is 35.5 Å². The average molecular weight is 226 g/mol. The number of aliphatic hydroxyl groups excluding tert-OH is 1. The van der Waals surface area contributed by atoms with Gasteiger partial charge in [-0.2, -0.15) is 0 Å². The third kappa shape index (κ3) is 2.96. The van der Waals surface area contributed by atoms with Crippen molar-refractivity contribution in [1.82, 2.24) is 10.2 Å². The first kappa shape index (κ1) is 12.3. The molecule has 1 aliphatic carbocycles. The summed E-state index contributed by atoms with van der Waals surface area (Å²) in [5, 5.41) is 13.5. The molecule has 0 aromatic carbocycles. The number of hydrogen-bond acceptors (Lipinski definition) is 3. The van der Waals surface area contributed by atoms with Gasteiger partial charge in [0.15, 0.2) is 0 Å². The normalized spacial score (nSPS) is 37.3. The Hall–Kier alpha value is -0.120. The standard InChI is InChI=1S/C13H26N2O/c1-15(11-5-4-9-14-10-8-11)12-6-2-3-7-13(12)16/h11-14,16H,2-10H2,1H3. The minimum Gasteiger partial charge on any atom is -0.391 e. The van der Waals surface area contributed by atoms with Gasteiger partial charge in [0.2, 0.25) is 0 Å². The van der Waals surface area contributed by atoms with Crippen LogP contribution in [0.3, 0.4) is 0 Å². The van der Waals surface area contributed by atoms with Gasteiger partial charge in [0.05, 0.1) is 6.10 Å². The summed E-state index contributed by atoms with van der Waals surface area (Å²) in [6.45, 7) is 2.30. The molecule has 16 heavy (non-hydrogen) atoms. The molecule has 1 saturated carbocycles. The average Bonchev–Trinajstić information content (AvgIpc) is 2.57. The van der Waals surface area contributed by atoms with E-state index in [0.717, 1.165) is 19.5 Å². The van der Waals surface area contributed by atoms with Crippen molar-refractivity contribution in [3.63, 3.8) is 0 Å². The second kappa shape index (κ2) is 5.99. The molecule has 2 fully saturated rings. The van der Waals surface area contributed by atoms with Crippen LogP contribution < -0.4 is 5.32 Å². The maximum absolute atomic E-state index is 10.1. The molecule has 2 rings (SSSR count). The Bertz CT molecular complexity index is 202. The molecule has 0 aromatic rings. The Balaban J connectivity index is 1.90. The summed E-state index contributed by atoms with van der Waals surface area (Å²) in [5.41, 5.74) is 0. The Kier molecular flexibility index (Phi) is 4.62. The second-order valence-corrected chi connectivity index (χ2v) is 5.42. The van der Waals surface area contributed by atoms with E-state index >= 15 is 0 Å². The number of likely N-dealkylation sites (N-methyl/N-ethyl adjacent to an activating group) is 1. The summed E-state index contributed by atoms with van der Waals surface area (Å²) < 4.78 is 0. The third-order valence-corrected chi connectivity index (χ3v) is 4.34. The van der Waals surface area contributed by atoms with Crippen molar-refractivity contribution in [2.24, 2.45) is 0 Å². The predicted octanol–water partition coefficient (Wildman–Crippen LogP) is 1.36. The molecule has 0 bridgehead atoms. The first-order valence-corrected chi connectivity index (χ1v) is 6.90. The molecule has 3 unspecified atom stereocenters. The van der Waals surface area contributed by atoms with Crippen molar-refractivity contribution >= 4 is 0 Å². The minimum atomic E-state index is -0.0880. The maximum atomic E-state index is 10.1. The minimum absolute atomic E-state index is 0.0880. The van der Waals surface area contributed by atoms with Crippen LogP contribution in [0.4, 0.5) is 0 Å².